The van der Waals surface area contributed by atoms with Crippen LogP contribution in [0, 0.1) is 5.92 Å². The second kappa shape index (κ2) is 6.75. The van der Waals surface area contributed by atoms with E-state index < -0.39 is 0 Å². The number of hydrogen-bond acceptors (Lipinski definition) is 3. The van der Waals surface area contributed by atoms with Gasteiger partial charge in [0.15, 0.2) is 0 Å². The molecule has 4 nitrogen and oxygen atoms in total. The molecule has 0 aliphatic heterocycles. The number of nitrogens with zero attached hydrogens (tertiary/aromatic N) is 1. The van der Waals surface area contributed by atoms with Gasteiger partial charge < -0.3 is 16.0 Å². The molecule has 2 atom stereocenters. The van der Waals surface area contributed by atoms with E-state index >= 15 is 0 Å². The number of benzene rings is 1. The number of carbonyl (C=O) groups excluding carboxylic acids is 1. The van der Waals surface area contributed by atoms with Gasteiger partial charge in [-0.2, -0.15) is 0 Å². The van der Waals surface area contributed by atoms with E-state index in [1.165, 1.54) is 12.8 Å². The van der Waals surface area contributed by atoms with Gasteiger partial charge in [0.1, 0.15) is 0 Å². The van der Waals surface area contributed by atoms with E-state index in [-0.39, 0.29) is 5.91 Å². The second-order valence-electron chi connectivity index (χ2n) is 5.94. The number of amides is 1. The molecular weight excluding hydrogens is 250 g/mol. The Morgan fingerprint density at radius 3 is 2.60 bits per heavy atom. The lowest BCUT2D eigenvalue weighted by atomic mass is 9.86. The Kier molecular flexibility index (Phi) is 5.01. The maximum absolute atomic E-state index is 12.1. The lowest BCUT2D eigenvalue weighted by molar-refractivity contribution is 0.0942. The van der Waals surface area contributed by atoms with Gasteiger partial charge in [0.2, 0.25) is 0 Å². The molecule has 3 N–H and O–H groups in total. The molecule has 2 unspecified atom stereocenters. The smallest absolute Gasteiger partial charge is 0.251 e. The molecule has 20 heavy (non-hydrogen) atoms. The first-order chi connectivity index (χ1) is 9.56. The highest BCUT2D eigenvalue weighted by Crippen LogP contribution is 2.22. The largest absolute Gasteiger partial charge is 0.378 e. The van der Waals surface area contributed by atoms with Crippen LogP contribution in [0.25, 0.3) is 0 Å². The van der Waals surface area contributed by atoms with Crippen molar-refractivity contribution in [1.82, 2.24) is 5.32 Å². The summed E-state index contributed by atoms with van der Waals surface area (Å²) >= 11 is 0. The molecule has 1 amide bonds. The van der Waals surface area contributed by atoms with Crippen molar-refractivity contribution >= 4 is 11.6 Å². The summed E-state index contributed by atoms with van der Waals surface area (Å²) in [5.74, 6) is 0.540. The number of nitrogens with two attached hydrogens (primary N) is 1. The Morgan fingerprint density at radius 1 is 1.30 bits per heavy atom. The van der Waals surface area contributed by atoms with Crippen molar-refractivity contribution < 1.29 is 4.79 Å². The topological polar surface area (TPSA) is 58.4 Å². The van der Waals surface area contributed by atoms with E-state index in [0.717, 1.165) is 30.6 Å². The van der Waals surface area contributed by atoms with Crippen LogP contribution in [0.4, 0.5) is 5.69 Å². The van der Waals surface area contributed by atoms with Gasteiger partial charge in [0.05, 0.1) is 0 Å². The lowest BCUT2D eigenvalue weighted by Crippen LogP contribution is -2.35. The second-order valence-corrected chi connectivity index (χ2v) is 5.94. The van der Waals surface area contributed by atoms with E-state index in [2.05, 4.69) is 5.32 Å². The quantitative estimate of drug-likeness (QED) is 0.883. The normalized spacial score (nSPS) is 22.4. The van der Waals surface area contributed by atoms with Gasteiger partial charge in [-0.1, -0.05) is 6.42 Å². The maximum atomic E-state index is 12.1. The first-order valence-electron chi connectivity index (χ1n) is 7.37. The molecule has 1 aromatic carbocycles. The molecule has 110 valence electrons. The van der Waals surface area contributed by atoms with Crippen LogP contribution in [0.1, 0.15) is 36.0 Å². The summed E-state index contributed by atoms with van der Waals surface area (Å²) in [5, 5.41) is 3.03. The van der Waals surface area contributed by atoms with Crippen LogP contribution in [0.2, 0.25) is 0 Å². The van der Waals surface area contributed by atoms with Crippen molar-refractivity contribution in [2.75, 3.05) is 25.5 Å². The third kappa shape index (κ3) is 3.97. The molecule has 1 aromatic rings. The van der Waals surface area contributed by atoms with Gasteiger partial charge in [0, 0.05) is 37.9 Å². The molecule has 0 aromatic heterocycles. The third-order valence-corrected chi connectivity index (χ3v) is 4.02. The summed E-state index contributed by atoms with van der Waals surface area (Å²) < 4.78 is 0. The number of anilines is 1. The van der Waals surface area contributed by atoms with E-state index in [4.69, 9.17) is 5.73 Å². The van der Waals surface area contributed by atoms with Gasteiger partial charge >= 0.3 is 0 Å². The summed E-state index contributed by atoms with van der Waals surface area (Å²) in [6.45, 7) is 0.738. The van der Waals surface area contributed by atoms with Crippen LogP contribution in [-0.2, 0) is 0 Å². The van der Waals surface area contributed by atoms with Gasteiger partial charge in [-0.05, 0) is 49.4 Å². The van der Waals surface area contributed by atoms with Crippen molar-refractivity contribution in [3.05, 3.63) is 29.8 Å². The van der Waals surface area contributed by atoms with Gasteiger partial charge in [-0.3, -0.25) is 4.79 Å². The molecule has 0 spiro atoms. The monoisotopic (exact) mass is 275 g/mol. The predicted octanol–water partition coefficient (Wildman–Crippen LogP) is 2.00. The molecule has 0 heterocycles. The Balaban J connectivity index is 1.85. The number of nitrogens with one attached hydrogen (secondary N) is 1. The van der Waals surface area contributed by atoms with Crippen LogP contribution in [0.15, 0.2) is 24.3 Å². The molecule has 0 saturated heterocycles. The fourth-order valence-corrected chi connectivity index (χ4v) is 2.77. The van der Waals surface area contributed by atoms with Crippen LogP contribution in [0.5, 0.6) is 0 Å². The predicted molar refractivity (Wildman–Crippen MR) is 83.0 cm³/mol. The summed E-state index contributed by atoms with van der Waals surface area (Å²) in [7, 11) is 3.97. The Labute approximate surface area is 121 Å². The highest BCUT2D eigenvalue weighted by molar-refractivity contribution is 5.94. The van der Waals surface area contributed by atoms with Crippen LogP contribution in [-0.4, -0.2) is 32.6 Å². The maximum Gasteiger partial charge on any atom is 0.251 e. The minimum Gasteiger partial charge on any atom is -0.378 e. The molecule has 1 saturated carbocycles. The van der Waals surface area contributed by atoms with Gasteiger partial charge in [-0.25, -0.2) is 0 Å². The molecule has 1 fully saturated rings. The zero-order valence-corrected chi connectivity index (χ0v) is 12.4. The van der Waals surface area contributed by atoms with Gasteiger partial charge in [0.25, 0.3) is 5.91 Å². The fourth-order valence-electron chi connectivity index (χ4n) is 2.77. The van der Waals surface area contributed by atoms with E-state index in [0.29, 0.717) is 12.0 Å². The van der Waals surface area contributed by atoms with Crippen LogP contribution in [0.3, 0.4) is 0 Å². The Hall–Kier alpha value is -1.55. The van der Waals surface area contributed by atoms with Crippen LogP contribution >= 0.6 is 0 Å². The molecule has 1 aliphatic carbocycles. The number of hydrogen-bond donors (Lipinski definition) is 2. The van der Waals surface area contributed by atoms with Gasteiger partial charge in [-0.15, -0.1) is 0 Å². The zero-order chi connectivity index (χ0) is 14.5. The number of rotatable bonds is 4. The van der Waals surface area contributed by atoms with E-state index in [1.807, 2.05) is 43.3 Å². The summed E-state index contributed by atoms with van der Waals surface area (Å²) in [6, 6.07) is 7.98. The average Bonchev–Trinajstić information content (AvgIpc) is 2.45. The lowest BCUT2D eigenvalue weighted by Gasteiger charge is -2.26. The average molecular weight is 275 g/mol. The molecule has 2 rings (SSSR count). The van der Waals surface area contributed by atoms with Crippen molar-refractivity contribution in [2.45, 2.75) is 31.7 Å². The van der Waals surface area contributed by atoms with Crippen molar-refractivity contribution in [2.24, 2.45) is 11.7 Å². The SMILES string of the molecule is CN(C)c1ccc(C(=O)NCC2CCCC(N)C2)cc1. The molecule has 4 heteroatoms. The standard InChI is InChI=1S/C16H25N3O/c1-19(2)15-8-6-13(7-9-15)16(20)18-11-12-4-3-5-14(17)10-12/h6-9,12,14H,3-5,10-11,17H2,1-2H3,(H,18,20). The molecule has 0 bridgehead atoms. The molecule has 1 aliphatic rings. The highest BCUT2D eigenvalue weighted by Gasteiger charge is 2.19. The first kappa shape index (κ1) is 14.9. The minimum absolute atomic E-state index is 0.00875. The van der Waals surface area contributed by atoms with Crippen LogP contribution < -0.4 is 16.0 Å². The summed E-state index contributed by atoms with van der Waals surface area (Å²) in [4.78, 5) is 14.1. The van der Waals surface area contributed by atoms with Crippen molar-refractivity contribution in [1.29, 1.82) is 0 Å². The Bertz CT molecular complexity index is 442. The van der Waals surface area contributed by atoms with Crippen molar-refractivity contribution in [3.63, 3.8) is 0 Å². The zero-order valence-electron chi connectivity index (χ0n) is 12.4. The Morgan fingerprint density at radius 2 is 2.00 bits per heavy atom. The number of carbonyl (C=O) groups is 1. The molecular formula is C16H25N3O. The highest BCUT2D eigenvalue weighted by atomic mass is 16.1. The molecule has 0 radical (unpaired) electrons. The van der Waals surface area contributed by atoms with E-state index in [1.54, 1.807) is 0 Å². The van der Waals surface area contributed by atoms with E-state index in [9.17, 15) is 4.79 Å². The first-order valence-corrected chi connectivity index (χ1v) is 7.37. The third-order valence-electron chi connectivity index (χ3n) is 4.02. The summed E-state index contributed by atoms with van der Waals surface area (Å²) in [6.07, 6.45) is 4.50. The van der Waals surface area contributed by atoms with Crippen molar-refractivity contribution in [3.8, 4) is 0 Å². The minimum atomic E-state index is 0.00875. The summed E-state index contributed by atoms with van der Waals surface area (Å²) in [5.41, 5.74) is 7.79. The fraction of sp³-hybridized carbons (Fsp3) is 0.562.